The van der Waals surface area contributed by atoms with Gasteiger partial charge in [0.25, 0.3) is 0 Å². The Balaban J connectivity index is 1.77. The van der Waals surface area contributed by atoms with Crippen molar-refractivity contribution >= 4 is 39.6 Å². The van der Waals surface area contributed by atoms with Crippen LogP contribution in [0.2, 0.25) is 0 Å². The maximum absolute atomic E-state index is 13.2. The van der Waals surface area contributed by atoms with Crippen molar-refractivity contribution in [1.29, 1.82) is 0 Å². The lowest BCUT2D eigenvalue weighted by atomic mass is 9.96. The molecule has 0 heterocycles. The van der Waals surface area contributed by atoms with Crippen molar-refractivity contribution in [1.82, 2.24) is 5.32 Å². The van der Waals surface area contributed by atoms with Gasteiger partial charge in [-0.05, 0) is 30.2 Å². The number of carbonyl (C=O) groups is 3. The zero-order valence-electron chi connectivity index (χ0n) is 20.8. The molecule has 8 nitrogen and oxygen atoms in total. The summed E-state index contributed by atoms with van der Waals surface area (Å²) in [5, 5.41) is 7.45. The molecule has 0 saturated heterocycles. The van der Waals surface area contributed by atoms with E-state index in [0.29, 0.717) is 12.1 Å². The number of hydrogen-bond donors (Lipinski definition) is 3. The van der Waals surface area contributed by atoms with Crippen molar-refractivity contribution in [2.24, 2.45) is 0 Å². The molecule has 0 aliphatic rings. The van der Waals surface area contributed by atoms with Gasteiger partial charge in [0.2, 0.25) is 5.91 Å². The average molecular weight is 569 g/mol. The lowest BCUT2D eigenvalue weighted by Gasteiger charge is -2.22. The maximum atomic E-state index is 13.2. The zero-order chi connectivity index (χ0) is 26.6. The van der Waals surface area contributed by atoms with E-state index < -0.39 is 12.1 Å². The van der Waals surface area contributed by atoms with Crippen molar-refractivity contribution in [3.63, 3.8) is 0 Å². The van der Waals surface area contributed by atoms with Gasteiger partial charge in [0.15, 0.2) is 6.54 Å². The third-order valence-electron chi connectivity index (χ3n) is 5.74. The van der Waals surface area contributed by atoms with Gasteiger partial charge in [-0.2, -0.15) is 0 Å². The van der Waals surface area contributed by atoms with Crippen LogP contribution in [0.1, 0.15) is 36.1 Å². The third kappa shape index (κ3) is 8.44. The maximum Gasteiger partial charge on any atom is 0.408 e. The first kappa shape index (κ1) is 27.9. The first-order chi connectivity index (χ1) is 17.9. The highest BCUT2D eigenvalue weighted by Gasteiger charge is 2.26. The Hall–Kier alpha value is -3.69. The number of alkyl carbamates (subject to hydrolysis) is 1. The number of benzene rings is 3. The molecule has 3 aromatic carbocycles. The van der Waals surface area contributed by atoms with Gasteiger partial charge in [0, 0.05) is 15.6 Å². The Bertz CT molecular complexity index is 1190. The summed E-state index contributed by atoms with van der Waals surface area (Å²) in [7, 11) is 1.35. The summed E-state index contributed by atoms with van der Waals surface area (Å²) in [5.74, 6) is -0.728. The van der Waals surface area contributed by atoms with Gasteiger partial charge < -0.3 is 25.4 Å². The van der Waals surface area contributed by atoms with E-state index in [-0.39, 0.29) is 31.1 Å². The van der Waals surface area contributed by atoms with E-state index in [1.54, 1.807) is 13.0 Å². The fraction of sp³-hybridized carbons (Fsp3) is 0.250. The Morgan fingerprint density at radius 3 is 2.30 bits per heavy atom. The van der Waals surface area contributed by atoms with Gasteiger partial charge in [-0.1, -0.05) is 83.5 Å². The summed E-state index contributed by atoms with van der Waals surface area (Å²) < 4.78 is 10.9. The van der Waals surface area contributed by atoms with Crippen LogP contribution in [0.4, 0.5) is 10.5 Å². The van der Waals surface area contributed by atoms with Crippen LogP contribution < -0.4 is 16.0 Å². The fourth-order valence-electron chi connectivity index (χ4n) is 3.79. The minimum absolute atomic E-state index is 0.0996. The molecule has 0 bridgehead atoms. The van der Waals surface area contributed by atoms with Crippen molar-refractivity contribution in [3.8, 4) is 0 Å². The number of ether oxygens (including phenoxy) is 2. The predicted molar refractivity (Wildman–Crippen MR) is 144 cm³/mol. The molecule has 0 saturated carbocycles. The lowest BCUT2D eigenvalue weighted by molar-refractivity contribution is -0.677. The number of anilines is 1. The van der Waals surface area contributed by atoms with E-state index in [2.05, 4.69) is 26.6 Å². The van der Waals surface area contributed by atoms with Crippen LogP contribution in [0.3, 0.4) is 0 Å². The largest absolute Gasteiger partial charge is 0.465 e. The number of esters is 1. The molecule has 3 aromatic rings. The van der Waals surface area contributed by atoms with Crippen LogP contribution in [0.15, 0.2) is 83.3 Å². The van der Waals surface area contributed by atoms with E-state index in [1.165, 1.54) is 7.11 Å². The first-order valence-corrected chi connectivity index (χ1v) is 12.7. The van der Waals surface area contributed by atoms with Gasteiger partial charge in [0.1, 0.15) is 18.7 Å². The number of amides is 2. The molecule has 0 spiro atoms. The predicted octanol–water partition coefficient (Wildman–Crippen LogP) is 3.92. The van der Waals surface area contributed by atoms with Crippen molar-refractivity contribution in [3.05, 3.63) is 100 Å². The number of methoxy groups -OCH3 is 1. The van der Waals surface area contributed by atoms with Crippen LogP contribution in [0, 0.1) is 0 Å². The van der Waals surface area contributed by atoms with Crippen LogP contribution in [-0.4, -0.2) is 37.7 Å². The molecule has 0 aliphatic heterocycles. The number of halogens is 1. The quantitative estimate of drug-likeness (QED) is 0.304. The van der Waals surface area contributed by atoms with E-state index >= 15 is 0 Å². The highest BCUT2D eigenvalue weighted by atomic mass is 79.9. The van der Waals surface area contributed by atoms with Crippen LogP contribution in [0.25, 0.3) is 0 Å². The third-order valence-corrected chi connectivity index (χ3v) is 6.24. The highest BCUT2D eigenvalue weighted by Crippen LogP contribution is 2.29. The molecule has 2 amide bonds. The monoisotopic (exact) mass is 568 g/mol. The summed E-state index contributed by atoms with van der Waals surface area (Å²) in [6.07, 6.45) is -0.301. The Morgan fingerprint density at radius 1 is 0.973 bits per heavy atom. The lowest BCUT2D eigenvalue weighted by Crippen LogP contribution is -2.87. The van der Waals surface area contributed by atoms with E-state index in [1.807, 2.05) is 78.1 Å². The van der Waals surface area contributed by atoms with Gasteiger partial charge in [-0.15, -0.1) is 0 Å². The van der Waals surface area contributed by atoms with Crippen LogP contribution >= 0.6 is 15.9 Å². The second-order valence-electron chi connectivity index (χ2n) is 8.29. The van der Waals surface area contributed by atoms with E-state index in [0.717, 1.165) is 21.2 Å². The molecular weight excluding hydrogens is 538 g/mol. The Labute approximate surface area is 224 Å². The van der Waals surface area contributed by atoms with Crippen molar-refractivity contribution in [2.45, 2.75) is 32.0 Å². The molecule has 0 aliphatic carbocycles. The number of rotatable bonds is 11. The summed E-state index contributed by atoms with van der Waals surface area (Å²) in [5.41, 5.74) is 3.17. The summed E-state index contributed by atoms with van der Waals surface area (Å²) in [6.45, 7) is 2.01. The molecule has 0 aromatic heterocycles. The minimum Gasteiger partial charge on any atom is -0.465 e. The van der Waals surface area contributed by atoms with E-state index in [4.69, 9.17) is 9.47 Å². The molecule has 4 N–H and O–H groups in total. The number of carbonyl (C=O) groups excluding carboxylic acids is 3. The summed E-state index contributed by atoms with van der Waals surface area (Å²) >= 11 is 3.52. The molecule has 9 heteroatoms. The number of hydrogen-bond acceptors (Lipinski definition) is 5. The molecule has 0 radical (unpaired) electrons. The fourth-order valence-corrected chi connectivity index (χ4v) is 4.16. The number of quaternary nitrogens is 1. The van der Waals surface area contributed by atoms with Gasteiger partial charge in [0.05, 0.1) is 12.8 Å². The minimum atomic E-state index is -0.797. The summed E-state index contributed by atoms with van der Waals surface area (Å²) in [4.78, 5) is 37.4. The molecule has 37 heavy (non-hydrogen) atoms. The average Bonchev–Trinajstić information content (AvgIpc) is 2.92. The highest BCUT2D eigenvalue weighted by molar-refractivity contribution is 9.10. The number of nitrogens with one attached hydrogen (secondary N) is 2. The zero-order valence-corrected chi connectivity index (χ0v) is 22.4. The molecule has 0 unspecified atom stereocenters. The second-order valence-corrected chi connectivity index (χ2v) is 9.21. The SMILES string of the molecule is CC[C@H](NC(=O)OCc1ccccc1)C(=O)Nc1ccc(Br)cc1[C@H]([NH2+]CC(=O)OC)c1ccccc1. The standard InChI is InChI=1S/C28H30BrN3O5/c1-3-23(32-28(35)37-18-19-10-6-4-7-11-19)27(34)31-24-15-14-21(29)16-22(24)26(30-17-25(33)36-2)20-12-8-5-9-13-20/h4-16,23,26,30H,3,17-18H2,1-2H3,(H,31,34)(H,32,35)/p+1/t23-,26+/m0/s1. The number of nitrogens with two attached hydrogens (primary N) is 1. The Kier molecular flexibility index (Phi) is 10.7. The smallest absolute Gasteiger partial charge is 0.408 e. The first-order valence-electron chi connectivity index (χ1n) is 11.9. The van der Waals surface area contributed by atoms with Crippen LogP contribution in [0.5, 0.6) is 0 Å². The van der Waals surface area contributed by atoms with Gasteiger partial charge in [-0.3, -0.25) is 4.79 Å². The van der Waals surface area contributed by atoms with Gasteiger partial charge in [-0.25, -0.2) is 9.59 Å². The molecule has 3 rings (SSSR count). The Morgan fingerprint density at radius 2 is 1.65 bits per heavy atom. The topological polar surface area (TPSA) is 110 Å². The molecule has 2 atom stereocenters. The molecule has 194 valence electrons. The normalized spacial score (nSPS) is 12.2. The second kappa shape index (κ2) is 14.2. The van der Waals surface area contributed by atoms with Gasteiger partial charge >= 0.3 is 12.1 Å². The van der Waals surface area contributed by atoms with Crippen LogP contribution in [-0.2, 0) is 25.7 Å². The summed E-state index contributed by atoms with van der Waals surface area (Å²) in [6, 6.07) is 23.4. The molecular formula is C28H31BrN3O5+. The molecule has 0 fully saturated rings. The van der Waals surface area contributed by atoms with Crippen molar-refractivity contribution < 1.29 is 29.2 Å². The van der Waals surface area contributed by atoms with Crippen molar-refractivity contribution in [2.75, 3.05) is 19.0 Å². The van der Waals surface area contributed by atoms with E-state index in [9.17, 15) is 14.4 Å².